The van der Waals surface area contributed by atoms with E-state index in [-0.39, 0.29) is 10.9 Å². The van der Waals surface area contributed by atoms with Crippen molar-refractivity contribution in [3.63, 3.8) is 0 Å². The van der Waals surface area contributed by atoms with Gasteiger partial charge in [0.2, 0.25) is 9.84 Å². The standard InChI is InChI=1S/C14H18F2N2O2S/c15-14(16)21(19,20)13-5-3-10(4-6-13)18-11-1-2-12(18)8-9(17)7-11/h3-6,9,11-12,14H,1-2,7-8,17H2. The molecule has 0 radical (unpaired) electrons. The van der Waals surface area contributed by atoms with Crippen LogP contribution >= 0.6 is 0 Å². The van der Waals surface area contributed by atoms with Crippen LogP contribution in [0.1, 0.15) is 25.7 Å². The maximum atomic E-state index is 12.5. The fourth-order valence-corrected chi connectivity index (χ4v) is 4.27. The van der Waals surface area contributed by atoms with Crippen molar-refractivity contribution >= 4 is 15.5 Å². The highest BCUT2D eigenvalue weighted by Crippen LogP contribution is 2.39. The molecule has 2 heterocycles. The highest BCUT2D eigenvalue weighted by molar-refractivity contribution is 7.91. The predicted molar refractivity (Wildman–Crippen MR) is 76.1 cm³/mol. The molecule has 0 aromatic heterocycles. The van der Waals surface area contributed by atoms with E-state index in [4.69, 9.17) is 5.73 Å². The first-order chi connectivity index (χ1) is 9.89. The van der Waals surface area contributed by atoms with Gasteiger partial charge in [0.05, 0.1) is 4.90 Å². The second kappa shape index (κ2) is 5.21. The largest absolute Gasteiger partial charge is 0.365 e. The monoisotopic (exact) mass is 316 g/mol. The Morgan fingerprint density at radius 3 is 2.10 bits per heavy atom. The molecule has 2 fully saturated rings. The van der Waals surface area contributed by atoms with E-state index in [1.165, 1.54) is 12.1 Å². The smallest absolute Gasteiger partial charge is 0.341 e. The quantitative estimate of drug-likeness (QED) is 0.928. The van der Waals surface area contributed by atoms with Crippen molar-refractivity contribution in [2.45, 2.75) is 54.5 Å². The van der Waals surface area contributed by atoms with Crippen LogP contribution in [0.3, 0.4) is 0 Å². The molecular weight excluding hydrogens is 298 g/mol. The molecule has 2 bridgehead atoms. The lowest BCUT2D eigenvalue weighted by atomic mass is 9.97. The number of piperidine rings is 1. The van der Waals surface area contributed by atoms with Crippen LogP contribution in [-0.2, 0) is 9.84 Å². The minimum Gasteiger partial charge on any atom is -0.365 e. The number of nitrogens with zero attached hydrogens (tertiary/aromatic N) is 1. The molecule has 2 N–H and O–H groups in total. The zero-order valence-electron chi connectivity index (χ0n) is 11.5. The summed E-state index contributed by atoms with van der Waals surface area (Å²) in [7, 11) is -4.52. The van der Waals surface area contributed by atoms with Crippen LogP contribution in [-0.4, -0.2) is 32.3 Å². The van der Waals surface area contributed by atoms with Gasteiger partial charge in [0, 0.05) is 23.8 Å². The van der Waals surface area contributed by atoms with Gasteiger partial charge in [-0.2, -0.15) is 8.78 Å². The summed E-state index contributed by atoms with van der Waals surface area (Å²) in [5, 5.41) is 0. The van der Waals surface area contributed by atoms with Crippen LogP contribution in [0.25, 0.3) is 0 Å². The van der Waals surface area contributed by atoms with E-state index >= 15 is 0 Å². The minimum atomic E-state index is -4.52. The van der Waals surface area contributed by atoms with Gasteiger partial charge in [-0.25, -0.2) is 8.42 Å². The van der Waals surface area contributed by atoms with Crippen molar-refractivity contribution in [1.29, 1.82) is 0 Å². The van der Waals surface area contributed by atoms with Crippen LogP contribution in [0.5, 0.6) is 0 Å². The zero-order chi connectivity index (χ0) is 15.2. The fraction of sp³-hybridized carbons (Fsp3) is 0.571. The summed E-state index contributed by atoms with van der Waals surface area (Å²) >= 11 is 0. The van der Waals surface area contributed by atoms with E-state index in [9.17, 15) is 17.2 Å². The number of hydrogen-bond donors (Lipinski definition) is 1. The van der Waals surface area contributed by atoms with Gasteiger partial charge in [-0.1, -0.05) is 0 Å². The molecule has 3 rings (SSSR count). The molecule has 1 aromatic carbocycles. The number of nitrogens with two attached hydrogens (primary N) is 1. The lowest BCUT2D eigenvalue weighted by Crippen LogP contribution is -2.47. The average molecular weight is 316 g/mol. The third-order valence-electron chi connectivity index (χ3n) is 4.47. The molecule has 0 spiro atoms. The molecule has 2 unspecified atom stereocenters. The average Bonchev–Trinajstić information content (AvgIpc) is 2.71. The summed E-state index contributed by atoms with van der Waals surface area (Å²) in [6, 6.07) is 6.75. The topological polar surface area (TPSA) is 63.4 Å². The molecule has 4 nitrogen and oxygen atoms in total. The van der Waals surface area contributed by atoms with Gasteiger partial charge in [0.15, 0.2) is 0 Å². The molecule has 2 aliphatic heterocycles. The number of benzene rings is 1. The SMILES string of the molecule is NC1CC2CCC(C1)N2c1ccc(S(=O)(=O)C(F)F)cc1. The van der Waals surface area contributed by atoms with Crippen molar-refractivity contribution in [1.82, 2.24) is 0 Å². The number of sulfone groups is 1. The number of fused-ring (bicyclic) bond motifs is 2. The Bertz CT molecular complexity index is 604. The Hall–Kier alpha value is -1.21. The van der Waals surface area contributed by atoms with E-state index in [2.05, 4.69) is 4.90 Å². The van der Waals surface area contributed by atoms with E-state index in [0.29, 0.717) is 12.1 Å². The Morgan fingerprint density at radius 1 is 1.10 bits per heavy atom. The van der Waals surface area contributed by atoms with E-state index in [1.807, 2.05) is 0 Å². The molecule has 7 heteroatoms. The molecule has 2 atom stereocenters. The van der Waals surface area contributed by atoms with Gasteiger partial charge in [0.1, 0.15) is 0 Å². The van der Waals surface area contributed by atoms with Crippen molar-refractivity contribution in [2.24, 2.45) is 5.73 Å². The summed E-state index contributed by atoms with van der Waals surface area (Å²) in [5.41, 5.74) is 6.91. The highest BCUT2D eigenvalue weighted by atomic mass is 32.2. The number of anilines is 1. The van der Waals surface area contributed by atoms with Gasteiger partial charge in [-0.05, 0) is 49.9 Å². The second-order valence-electron chi connectivity index (χ2n) is 5.82. The van der Waals surface area contributed by atoms with E-state index in [1.54, 1.807) is 12.1 Å². The van der Waals surface area contributed by atoms with Crippen molar-refractivity contribution < 1.29 is 17.2 Å². The molecule has 2 aliphatic rings. The number of rotatable bonds is 3. The van der Waals surface area contributed by atoms with Crippen molar-refractivity contribution in [2.75, 3.05) is 4.90 Å². The number of hydrogen-bond acceptors (Lipinski definition) is 4. The zero-order valence-corrected chi connectivity index (χ0v) is 12.3. The first-order valence-corrected chi connectivity index (χ1v) is 8.60. The molecule has 21 heavy (non-hydrogen) atoms. The Kier molecular flexibility index (Phi) is 3.65. The van der Waals surface area contributed by atoms with Gasteiger partial charge >= 0.3 is 5.76 Å². The molecule has 1 aromatic rings. The van der Waals surface area contributed by atoms with E-state index < -0.39 is 15.6 Å². The molecule has 0 amide bonds. The molecular formula is C14H18F2N2O2S. The van der Waals surface area contributed by atoms with E-state index in [0.717, 1.165) is 31.4 Å². The summed E-state index contributed by atoms with van der Waals surface area (Å²) < 4.78 is 47.9. The molecule has 0 aliphatic carbocycles. The summed E-state index contributed by atoms with van der Waals surface area (Å²) in [4.78, 5) is 1.93. The highest BCUT2D eigenvalue weighted by Gasteiger charge is 2.39. The Balaban J connectivity index is 1.86. The first-order valence-electron chi connectivity index (χ1n) is 7.05. The Morgan fingerprint density at radius 2 is 1.62 bits per heavy atom. The van der Waals surface area contributed by atoms with Gasteiger partial charge < -0.3 is 10.6 Å². The summed E-state index contributed by atoms with van der Waals surface area (Å²) in [6.07, 6.45) is 4.01. The molecule has 0 saturated carbocycles. The normalized spacial score (nSPS) is 29.1. The van der Waals surface area contributed by atoms with Gasteiger partial charge in [-0.3, -0.25) is 0 Å². The Labute approximate surface area is 122 Å². The maximum Gasteiger partial charge on any atom is 0.341 e. The van der Waals surface area contributed by atoms with Crippen LogP contribution in [0.2, 0.25) is 0 Å². The predicted octanol–water partition coefficient (Wildman–Crippen LogP) is 2.14. The lowest BCUT2D eigenvalue weighted by Gasteiger charge is -2.39. The van der Waals surface area contributed by atoms with Crippen LogP contribution in [0.15, 0.2) is 29.2 Å². The first kappa shape index (κ1) is 14.7. The van der Waals surface area contributed by atoms with Gasteiger partial charge in [0.25, 0.3) is 0 Å². The van der Waals surface area contributed by atoms with Crippen LogP contribution < -0.4 is 10.6 Å². The van der Waals surface area contributed by atoms with Crippen LogP contribution in [0.4, 0.5) is 14.5 Å². The van der Waals surface area contributed by atoms with Gasteiger partial charge in [-0.15, -0.1) is 0 Å². The maximum absolute atomic E-state index is 12.5. The number of halogens is 2. The third kappa shape index (κ3) is 2.53. The third-order valence-corrected chi connectivity index (χ3v) is 5.87. The second-order valence-corrected chi connectivity index (χ2v) is 7.74. The number of alkyl halides is 2. The van der Waals surface area contributed by atoms with Crippen molar-refractivity contribution in [3.05, 3.63) is 24.3 Å². The summed E-state index contributed by atoms with van der Waals surface area (Å²) in [5.74, 6) is -3.38. The minimum absolute atomic E-state index is 0.220. The van der Waals surface area contributed by atoms with Crippen LogP contribution in [0, 0.1) is 0 Å². The fourth-order valence-electron chi connectivity index (χ4n) is 3.55. The van der Waals surface area contributed by atoms with Crippen molar-refractivity contribution in [3.8, 4) is 0 Å². The molecule has 116 valence electrons. The lowest BCUT2D eigenvalue weighted by molar-refractivity contribution is 0.234. The summed E-state index contributed by atoms with van der Waals surface area (Å²) in [6.45, 7) is 0. The molecule has 2 saturated heterocycles.